The normalized spacial score (nSPS) is 19.2. The number of fused-ring (bicyclic) bond motifs is 1. The van der Waals surface area contributed by atoms with Crippen LogP contribution in [0, 0.1) is 0 Å². The molecule has 1 aromatic rings. The van der Waals surface area contributed by atoms with Gasteiger partial charge < -0.3 is 5.32 Å². The highest BCUT2D eigenvalue weighted by Gasteiger charge is 2.18. The molecule has 1 nitrogen and oxygen atoms in total. The standard InChI is InChI=1S/C15H21N/c1-12(2)10-16-11-14-8-5-7-13-6-3-4-9-15(13)14/h3-4,6,9,14,16H,1,5,7-8,10-11H2,2H3. The zero-order valence-corrected chi connectivity index (χ0v) is 10.1. The zero-order chi connectivity index (χ0) is 11.4. The van der Waals surface area contributed by atoms with Crippen molar-refractivity contribution >= 4 is 0 Å². The van der Waals surface area contributed by atoms with E-state index in [4.69, 9.17) is 0 Å². The van der Waals surface area contributed by atoms with E-state index in [2.05, 4.69) is 43.1 Å². The van der Waals surface area contributed by atoms with E-state index in [1.807, 2.05) is 0 Å². The second-order valence-electron chi connectivity index (χ2n) is 4.88. The first-order valence-corrected chi connectivity index (χ1v) is 6.20. The van der Waals surface area contributed by atoms with Gasteiger partial charge >= 0.3 is 0 Å². The molecule has 1 atom stereocenters. The third-order valence-electron chi connectivity index (χ3n) is 3.31. The van der Waals surface area contributed by atoms with Gasteiger partial charge in [-0.05, 0) is 43.2 Å². The summed E-state index contributed by atoms with van der Waals surface area (Å²) in [4.78, 5) is 0. The summed E-state index contributed by atoms with van der Waals surface area (Å²) in [6, 6.07) is 8.89. The van der Waals surface area contributed by atoms with Gasteiger partial charge in [-0.1, -0.05) is 36.4 Å². The molecule has 0 radical (unpaired) electrons. The highest BCUT2D eigenvalue weighted by atomic mass is 14.9. The minimum atomic E-state index is 0.698. The van der Waals surface area contributed by atoms with Crippen LogP contribution < -0.4 is 5.32 Å². The summed E-state index contributed by atoms with van der Waals surface area (Å²) >= 11 is 0. The fourth-order valence-corrected chi connectivity index (χ4v) is 2.53. The van der Waals surface area contributed by atoms with Crippen LogP contribution in [0.4, 0.5) is 0 Å². The van der Waals surface area contributed by atoms with Crippen molar-refractivity contribution < 1.29 is 0 Å². The van der Waals surface area contributed by atoms with Crippen LogP contribution in [-0.4, -0.2) is 13.1 Å². The molecule has 0 fully saturated rings. The van der Waals surface area contributed by atoms with E-state index in [1.54, 1.807) is 11.1 Å². The first-order valence-electron chi connectivity index (χ1n) is 6.20. The summed E-state index contributed by atoms with van der Waals surface area (Å²) in [6.07, 6.45) is 3.91. The topological polar surface area (TPSA) is 12.0 Å². The van der Waals surface area contributed by atoms with Gasteiger partial charge in [-0.25, -0.2) is 0 Å². The van der Waals surface area contributed by atoms with E-state index in [9.17, 15) is 0 Å². The number of benzene rings is 1. The Balaban J connectivity index is 1.99. The SMILES string of the molecule is C=C(C)CNCC1CCCc2ccccc21. The summed E-state index contributed by atoms with van der Waals surface area (Å²) in [5.41, 5.74) is 4.32. The number of rotatable bonds is 4. The van der Waals surface area contributed by atoms with Crippen LogP contribution in [0.2, 0.25) is 0 Å². The van der Waals surface area contributed by atoms with Gasteiger partial charge in [0.05, 0.1) is 0 Å². The minimum absolute atomic E-state index is 0.698. The molecule has 2 rings (SSSR count). The lowest BCUT2D eigenvalue weighted by Crippen LogP contribution is -2.25. The van der Waals surface area contributed by atoms with E-state index in [0.717, 1.165) is 13.1 Å². The van der Waals surface area contributed by atoms with Crippen LogP contribution in [-0.2, 0) is 6.42 Å². The number of hydrogen-bond acceptors (Lipinski definition) is 1. The molecule has 0 bridgehead atoms. The van der Waals surface area contributed by atoms with Gasteiger partial charge in [0.2, 0.25) is 0 Å². The number of hydrogen-bond donors (Lipinski definition) is 1. The van der Waals surface area contributed by atoms with Crippen molar-refractivity contribution in [2.24, 2.45) is 0 Å². The maximum Gasteiger partial charge on any atom is 0.0159 e. The minimum Gasteiger partial charge on any atom is -0.312 e. The van der Waals surface area contributed by atoms with Crippen LogP contribution in [0.15, 0.2) is 36.4 Å². The van der Waals surface area contributed by atoms with Gasteiger partial charge in [-0.15, -0.1) is 0 Å². The summed E-state index contributed by atoms with van der Waals surface area (Å²) < 4.78 is 0. The van der Waals surface area contributed by atoms with Crippen molar-refractivity contribution in [2.45, 2.75) is 32.1 Å². The van der Waals surface area contributed by atoms with Crippen molar-refractivity contribution in [3.63, 3.8) is 0 Å². The third kappa shape index (κ3) is 2.73. The first-order chi connectivity index (χ1) is 7.77. The van der Waals surface area contributed by atoms with Gasteiger partial charge in [0.15, 0.2) is 0 Å². The van der Waals surface area contributed by atoms with E-state index >= 15 is 0 Å². The fourth-order valence-electron chi connectivity index (χ4n) is 2.53. The summed E-state index contributed by atoms with van der Waals surface area (Å²) in [7, 11) is 0. The molecule has 0 heterocycles. The maximum absolute atomic E-state index is 3.92. The molecular formula is C15H21N. The molecule has 0 saturated heterocycles. The average molecular weight is 215 g/mol. The molecule has 86 valence electrons. The Morgan fingerprint density at radius 3 is 3.06 bits per heavy atom. The van der Waals surface area contributed by atoms with Gasteiger partial charge in [-0.3, -0.25) is 0 Å². The van der Waals surface area contributed by atoms with Crippen molar-refractivity contribution in [2.75, 3.05) is 13.1 Å². The fraction of sp³-hybridized carbons (Fsp3) is 0.467. The largest absolute Gasteiger partial charge is 0.312 e. The van der Waals surface area contributed by atoms with Gasteiger partial charge in [0.25, 0.3) is 0 Å². The molecule has 0 aromatic heterocycles. The van der Waals surface area contributed by atoms with Crippen LogP contribution in [0.3, 0.4) is 0 Å². The van der Waals surface area contributed by atoms with Crippen LogP contribution in [0.1, 0.15) is 36.8 Å². The molecule has 0 aliphatic heterocycles. The smallest absolute Gasteiger partial charge is 0.0159 e. The van der Waals surface area contributed by atoms with Crippen molar-refractivity contribution in [3.8, 4) is 0 Å². The lowest BCUT2D eigenvalue weighted by molar-refractivity contribution is 0.518. The van der Waals surface area contributed by atoms with E-state index in [0.29, 0.717) is 5.92 Å². The quantitative estimate of drug-likeness (QED) is 0.760. The van der Waals surface area contributed by atoms with E-state index in [1.165, 1.54) is 24.8 Å². The Bertz CT molecular complexity index is 367. The highest BCUT2D eigenvalue weighted by Crippen LogP contribution is 2.30. The van der Waals surface area contributed by atoms with Crippen LogP contribution in [0.5, 0.6) is 0 Å². The van der Waals surface area contributed by atoms with E-state index in [-0.39, 0.29) is 0 Å². The molecule has 1 aliphatic rings. The Morgan fingerprint density at radius 1 is 1.44 bits per heavy atom. The molecule has 1 heteroatoms. The summed E-state index contributed by atoms with van der Waals surface area (Å²) in [5, 5.41) is 3.50. The molecule has 1 aliphatic carbocycles. The van der Waals surface area contributed by atoms with E-state index < -0.39 is 0 Å². The Labute approximate surface area is 98.6 Å². The second kappa shape index (κ2) is 5.31. The van der Waals surface area contributed by atoms with Crippen molar-refractivity contribution in [1.82, 2.24) is 5.32 Å². The Kier molecular flexibility index (Phi) is 3.79. The predicted molar refractivity (Wildman–Crippen MR) is 69.8 cm³/mol. The molecule has 0 saturated carbocycles. The highest BCUT2D eigenvalue weighted by molar-refractivity contribution is 5.32. The average Bonchev–Trinajstić information content (AvgIpc) is 2.29. The van der Waals surface area contributed by atoms with Crippen LogP contribution >= 0.6 is 0 Å². The summed E-state index contributed by atoms with van der Waals surface area (Å²) in [6.45, 7) is 8.02. The third-order valence-corrected chi connectivity index (χ3v) is 3.31. The van der Waals surface area contributed by atoms with Gasteiger partial charge in [0, 0.05) is 13.1 Å². The maximum atomic E-state index is 3.92. The second-order valence-corrected chi connectivity index (χ2v) is 4.88. The molecule has 1 unspecified atom stereocenters. The molecule has 0 spiro atoms. The zero-order valence-electron chi connectivity index (χ0n) is 10.1. The predicted octanol–water partition coefficient (Wildman–Crippen LogP) is 3.27. The Hall–Kier alpha value is -1.08. The molecule has 0 amide bonds. The monoisotopic (exact) mass is 215 g/mol. The lowest BCUT2D eigenvalue weighted by Gasteiger charge is -2.25. The molecule has 16 heavy (non-hydrogen) atoms. The first kappa shape index (κ1) is 11.4. The van der Waals surface area contributed by atoms with Crippen molar-refractivity contribution in [3.05, 3.63) is 47.5 Å². The lowest BCUT2D eigenvalue weighted by atomic mass is 9.83. The van der Waals surface area contributed by atoms with Gasteiger partial charge in [-0.2, -0.15) is 0 Å². The number of nitrogens with one attached hydrogen (secondary N) is 1. The van der Waals surface area contributed by atoms with Crippen molar-refractivity contribution in [1.29, 1.82) is 0 Å². The molecule has 1 N–H and O–H groups in total. The molecular weight excluding hydrogens is 194 g/mol. The number of aryl methyl sites for hydroxylation is 1. The summed E-state index contributed by atoms with van der Waals surface area (Å²) in [5.74, 6) is 0.698. The molecule has 1 aromatic carbocycles. The van der Waals surface area contributed by atoms with Gasteiger partial charge in [0.1, 0.15) is 0 Å². The Morgan fingerprint density at radius 2 is 2.25 bits per heavy atom. The van der Waals surface area contributed by atoms with Crippen LogP contribution in [0.25, 0.3) is 0 Å².